The molecule has 2 aromatic rings. The van der Waals surface area contributed by atoms with E-state index in [4.69, 9.17) is 0 Å². The first-order chi connectivity index (χ1) is 8.07. The zero-order valence-electron chi connectivity index (χ0n) is 9.08. The number of nitrogens with zero attached hydrogens (tertiary/aromatic N) is 2. The van der Waals surface area contributed by atoms with Gasteiger partial charge in [-0.3, -0.25) is 14.9 Å². The third-order valence-electron chi connectivity index (χ3n) is 2.62. The van der Waals surface area contributed by atoms with E-state index in [2.05, 4.69) is 0 Å². The molecule has 6 heteroatoms. The third-order valence-corrected chi connectivity index (χ3v) is 2.62. The van der Waals surface area contributed by atoms with Crippen molar-refractivity contribution in [3.8, 4) is 5.75 Å². The lowest BCUT2D eigenvalue weighted by atomic mass is 10.1. The summed E-state index contributed by atoms with van der Waals surface area (Å²) in [6.45, 7) is 2.02. The molecular formula is C11H10N2O4. The summed E-state index contributed by atoms with van der Waals surface area (Å²) < 4.78 is 1.27. The molecular weight excluding hydrogens is 224 g/mol. The van der Waals surface area contributed by atoms with Crippen LogP contribution in [0.1, 0.15) is 6.92 Å². The quantitative estimate of drug-likeness (QED) is 0.632. The SMILES string of the molecule is CCn1c(=O)c([N+](=O)[O-])c(O)c2ccccc21. The molecule has 0 saturated carbocycles. The highest BCUT2D eigenvalue weighted by molar-refractivity contribution is 5.88. The first-order valence-corrected chi connectivity index (χ1v) is 5.06. The van der Waals surface area contributed by atoms with Gasteiger partial charge in [0.15, 0.2) is 0 Å². The van der Waals surface area contributed by atoms with Gasteiger partial charge in [-0.15, -0.1) is 0 Å². The summed E-state index contributed by atoms with van der Waals surface area (Å²) in [4.78, 5) is 21.8. The van der Waals surface area contributed by atoms with Crippen LogP contribution < -0.4 is 5.56 Å². The molecule has 1 heterocycles. The maximum atomic E-state index is 11.8. The predicted octanol–water partition coefficient (Wildman–Crippen LogP) is 1.64. The van der Waals surface area contributed by atoms with E-state index in [9.17, 15) is 20.0 Å². The van der Waals surface area contributed by atoms with E-state index in [1.54, 1.807) is 31.2 Å². The normalized spacial score (nSPS) is 10.6. The standard InChI is InChI=1S/C11H10N2O4/c1-2-12-8-6-4-3-5-7(8)10(14)9(11(12)15)13(16)17/h3-6,14H,2H2,1H3. The monoisotopic (exact) mass is 234 g/mol. The molecule has 1 N–H and O–H groups in total. The van der Waals surface area contributed by atoms with Gasteiger partial charge in [0.05, 0.1) is 10.4 Å². The van der Waals surface area contributed by atoms with Crippen LogP contribution in [0.5, 0.6) is 5.75 Å². The molecule has 0 unspecified atom stereocenters. The summed E-state index contributed by atoms with van der Waals surface area (Å²) in [5, 5.41) is 20.9. The Morgan fingerprint density at radius 3 is 2.65 bits per heavy atom. The molecule has 0 saturated heterocycles. The number of hydrogen-bond donors (Lipinski definition) is 1. The molecule has 6 nitrogen and oxygen atoms in total. The number of para-hydroxylation sites is 1. The van der Waals surface area contributed by atoms with Gasteiger partial charge in [-0.1, -0.05) is 12.1 Å². The molecule has 0 aliphatic heterocycles. The molecule has 17 heavy (non-hydrogen) atoms. The average molecular weight is 234 g/mol. The van der Waals surface area contributed by atoms with Crippen molar-refractivity contribution in [3.63, 3.8) is 0 Å². The first-order valence-electron chi connectivity index (χ1n) is 5.06. The molecule has 0 aliphatic carbocycles. The minimum atomic E-state index is -0.851. The predicted molar refractivity (Wildman–Crippen MR) is 62.2 cm³/mol. The van der Waals surface area contributed by atoms with Crippen molar-refractivity contribution < 1.29 is 10.0 Å². The number of nitro groups is 1. The number of aromatic hydroxyl groups is 1. The number of rotatable bonds is 2. The highest BCUT2D eigenvalue weighted by Gasteiger charge is 2.24. The second-order valence-corrected chi connectivity index (χ2v) is 3.52. The maximum Gasteiger partial charge on any atom is 0.375 e. The lowest BCUT2D eigenvalue weighted by Crippen LogP contribution is -2.22. The van der Waals surface area contributed by atoms with Crippen LogP contribution in [0.4, 0.5) is 5.69 Å². The fourth-order valence-electron chi connectivity index (χ4n) is 1.85. The Hall–Kier alpha value is -2.37. The van der Waals surface area contributed by atoms with Crippen molar-refractivity contribution in [2.24, 2.45) is 0 Å². The van der Waals surface area contributed by atoms with Crippen LogP contribution in [0.3, 0.4) is 0 Å². The molecule has 0 radical (unpaired) electrons. The van der Waals surface area contributed by atoms with E-state index in [-0.39, 0.29) is 0 Å². The molecule has 0 bridgehead atoms. The van der Waals surface area contributed by atoms with Gasteiger partial charge < -0.3 is 9.67 Å². The van der Waals surface area contributed by atoms with E-state index >= 15 is 0 Å². The van der Waals surface area contributed by atoms with Gasteiger partial charge in [0.25, 0.3) is 0 Å². The highest BCUT2D eigenvalue weighted by Crippen LogP contribution is 2.30. The number of pyridine rings is 1. The fourth-order valence-corrected chi connectivity index (χ4v) is 1.85. The Kier molecular flexibility index (Phi) is 2.55. The Labute approximate surface area is 95.9 Å². The van der Waals surface area contributed by atoms with Crippen molar-refractivity contribution in [1.82, 2.24) is 4.57 Å². The summed E-state index contributed by atoms with van der Waals surface area (Å²) in [5.74, 6) is -0.569. The molecule has 1 aromatic carbocycles. The number of benzene rings is 1. The number of aromatic nitrogens is 1. The molecule has 0 atom stereocenters. The number of fused-ring (bicyclic) bond motifs is 1. The summed E-state index contributed by atoms with van der Waals surface area (Å²) in [7, 11) is 0. The highest BCUT2D eigenvalue weighted by atomic mass is 16.6. The minimum absolute atomic E-state index is 0.306. The van der Waals surface area contributed by atoms with E-state index < -0.39 is 21.9 Å². The van der Waals surface area contributed by atoms with Crippen molar-refractivity contribution in [2.45, 2.75) is 13.5 Å². The van der Waals surface area contributed by atoms with E-state index in [1.807, 2.05) is 0 Å². The topological polar surface area (TPSA) is 85.4 Å². The van der Waals surface area contributed by atoms with Crippen molar-refractivity contribution in [2.75, 3.05) is 0 Å². The lowest BCUT2D eigenvalue weighted by Gasteiger charge is -2.08. The summed E-state index contributed by atoms with van der Waals surface area (Å²) in [6.07, 6.45) is 0. The zero-order valence-corrected chi connectivity index (χ0v) is 9.08. The van der Waals surface area contributed by atoms with E-state index in [0.717, 1.165) is 0 Å². The van der Waals surface area contributed by atoms with Gasteiger partial charge >= 0.3 is 11.2 Å². The van der Waals surface area contributed by atoms with Gasteiger partial charge in [-0.2, -0.15) is 0 Å². The fraction of sp³-hybridized carbons (Fsp3) is 0.182. The maximum absolute atomic E-state index is 11.8. The van der Waals surface area contributed by atoms with Crippen LogP contribution in [-0.2, 0) is 6.54 Å². The van der Waals surface area contributed by atoms with Crippen LogP contribution in [0.15, 0.2) is 29.1 Å². The smallest absolute Gasteiger partial charge is 0.375 e. The third kappa shape index (κ3) is 1.54. The van der Waals surface area contributed by atoms with Crippen molar-refractivity contribution in [3.05, 3.63) is 44.7 Å². The number of hydrogen-bond acceptors (Lipinski definition) is 4. The molecule has 0 spiro atoms. The Bertz CT molecular complexity index is 660. The van der Waals surface area contributed by atoms with Crippen LogP contribution >= 0.6 is 0 Å². The molecule has 2 rings (SSSR count). The van der Waals surface area contributed by atoms with Gasteiger partial charge in [0.1, 0.15) is 0 Å². The Morgan fingerprint density at radius 1 is 1.41 bits per heavy atom. The first kappa shape index (κ1) is 11.1. The zero-order chi connectivity index (χ0) is 12.6. The van der Waals surface area contributed by atoms with Gasteiger partial charge in [-0.05, 0) is 19.1 Å². The Balaban J connectivity index is 3.05. The lowest BCUT2D eigenvalue weighted by molar-refractivity contribution is -0.387. The molecule has 1 aromatic heterocycles. The van der Waals surface area contributed by atoms with Crippen LogP contribution in [0.2, 0.25) is 0 Å². The van der Waals surface area contributed by atoms with Gasteiger partial charge in [0, 0.05) is 11.9 Å². The summed E-state index contributed by atoms with van der Waals surface area (Å²) in [5.41, 5.74) is -1.07. The second-order valence-electron chi connectivity index (χ2n) is 3.52. The molecule has 88 valence electrons. The minimum Gasteiger partial charge on any atom is -0.501 e. The summed E-state index contributed by atoms with van der Waals surface area (Å²) >= 11 is 0. The van der Waals surface area contributed by atoms with Crippen molar-refractivity contribution in [1.29, 1.82) is 0 Å². The van der Waals surface area contributed by atoms with E-state index in [1.165, 1.54) is 4.57 Å². The molecule has 0 fully saturated rings. The van der Waals surface area contributed by atoms with Crippen LogP contribution in [0.25, 0.3) is 10.9 Å². The average Bonchev–Trinajstić information content (AvgIpc) is 2.29. The van der Waals surface area contributed by atoms with Crippen LogP contribution in [0, 0.1) is 10.1 Å². The van der Waals surface area contributed by atoms with Crippen molar-refractivity contribution >= 4 is 16.6 Å². The summed E-state index contributed by atoms with van der Waals surface area (Å²) in [6, 6.07) is 6.54. The second kappa shape index (κ2) is 3.89. The Morgan fingerprint density at radius 2 is 2.06 bits per heavy atom. The van der Waals surface area contributed by atoms with Gasteiger partial charge in [-0.25, -0.2) is 0 Å². The van der Waals surface area contributed by atoms with Gasteiger partial charge in [0.2, 0.25) is 5.75 Å². The molecule has 0 amide bonds. The molecule has 0 aliphatic rings. The van der Waals surface area contributed by atoms with E-state index in [0.29, 0.717) is 17.4 Å². The van der Waals surface area contributed by atoms with Crippen LogP contribution in [-0.4, -0.2) is 14.6 Å². The number of aryl methyl sites for hydroxylation is 1. The largest absolute Gasteiger partial charge is 0.501 e.